The maximum absolute atomic E-state index is 14.0. The number of carboxylic acid groups (broad SMARTS) is 1. The molecule has 2 aromatic carbocycles. The summed E-state index contributed by atoms with van der Waals surface area (Å²) in [6, 6.07) is 8.43. The molecule has 0 saturated heterocycles. The Morgan fingerprint density at radius 2 is 1.85 bits per heavy atom. The number of phenols is 1. The topological polar surface area (TPSA) is 79.5 Å². The summed E-state index contributed by atoms with van der Waals surface area (Å²) in [5, 5.41) is 20.2. The second-order valence-corrected chi connectivity index (χ2v) is 6.70. The zero-order valence-electron chi connectivity index (χ0n) is 14.7. The molecule has 0 aliphatic rings. The first-order chi connectivity index (χ1) is 12.8. The number of carbonyl (C=O) groups excluding carboxylic acids is 1. The van der Waals surface area contributed by atoms with Gasteiger partial charge in [-0.25, -0.2) is 4.39 Å². The molecule has 0 bridgehead atoms. The van der Waals surface area contributed by atoms with E-state index in [9.17, 15) is 24.2 Å². The number of nitrogens with zero attached hydrogens (tertiary/aromatic N) is 1. The number of phenolic OH excluding ortho intramolecular Hbond substituents is 1. The van der Waals surface area contributed by atoms with E-state index in [1.807, 2.05) is 0 Å². The van der Waals surface area contributed by atoms with E-state index in [4.69, 9.17) is 11.6 Å². The van der Waals surface area contributed by atoms with Crippen molar-refractivity contribution in [2.45, 2.75) is 26.2 Å². The van der Waals surface area contributed by atoms with Gasteiger partial charge in [-0.1, -0.05) is 18.5 Å². The molecule has 0 saturated carbocycles. The maximum Gasteiger partial charge on any atom is 0.311 e. The molecule has 0 radical (unpaired) electrons. The normalized spacial score (nSPS) is 12.3. The SMILES string of the molecule is CCC(C(=O)O)c1c(C)n(C(=O)c2ccc(Cl)cc2)c2cc(F)c(O)cc12. The number of fused-ring (bicyclic) bond motifs is 1. The lowest BCUT2D eigenvalue weighted by Crippen LogP contribution is -2.16. The predicted octanol–water partition coefficient (Wildman–Crippen LogP) is 4.71. The van der Waals surface area contributed by atoms with Gasteiger partial charge in [0.25, 0.3) is 5.91 Å². The molecule has 7 heteroatoms. The third kappa shape index (κ3) is 3.17. The highest BCUT2D eigenvalue weighted by Crippen LogP contribution is 2.37. The lowest BCUT2D eigenvalue weighted by atomic mass is 9.94. The first kappa shape index (κ1) is 18.9. The van der Waals surface area contributed by atoms with E-state index < -0.39 is 29.4 Å². The second-order valence-electron chi connectivity index (χ2n) is 6.27. The number of hydrogen-bond acceptors (Lipinski definition) is 3. The van der Waals surface area contributed by atoms with E-state index in [1.165, 1.54) is 10.6 Å². The van der Waals surface area contributed by atoms with Crippen molar-refractivity contribution in [2.24, 2.45) is 0 Å². The molecule has 3 rings (SSSR count). The molecule has 140 valence electrons. The van der Waals surface area contributed by atoms with E-state index in [0.29, 0.717) is 27.2 Å². The van der Waals surface area contributed by atoms with Crippen LogP contribution in [0.4, 0.5) is 4.39 Å². The Bertz CT molecular complexity index is 1060. The van der Waals surface area contributed by atoms with Crippen LogP contribution in [-0.2, 0) is 4.79 Å². The Morgan fingerprint density at radius 3 is 2.41 bits per heavy atom. The van der Waals surface area contributed by atoms with Gasteiger partial charge in [0, 0.05) is 27.7 Å². The fraction of sp³-hybridized carbons (Fsp3) is 0.200. The van der Waals surface area contributed by atoms with Crippen molar-refractivity contribution in [3.8, 4) is 5.75 Å². The number of aromatic nitrogens is 1. The van der Waals surface area contributed by atoms with Crippen molar-refractivity contribution >= 4 is 34.4 Å². The van der Waals surface area contributed by atoms with E-state index >= 15 is 0 Å². The molecule has 3 aromatic rings. The molecule has 0 aliphatic heterocycles. The first-order valence-corrected chi connectivity index (χ1v) is 8.70. The average Bonchev–Trinajstić information content (AvgIpc) is 2.88. The highest BCUT2D eigenvalue weighted by atomic mass is 35.5. The maximum atomic E-state index is 14.0. The van der Waals surface area contributed by atoms with E-state index in [0.717, 1.165) is 6.07 Å². The van der Waals surface area contributed by atoms with Crippen LogP contribution in [0.1, 0.15) is 40.9 Å². The number of aliphatic carboxylic acids is 1. The molecule has 0 spiro atoms. The molecule has 27 heavy (non-hydrogen) atoms. The number of aromatic hydroxyl groups is 1. The second kappa shape index (κ2) is 7.04. The summed E-state index contributed by atoms with van der Waals surface area (Å²) >= 11 is 5.87. The van der Waals surface area contributed by atoms with Crippen LogP contribution in [0.3, 0.4) is 0 Å². The van der Waals surface area contributed by atoms with Crippen LogP contribution < -0.4 is 0 Å². The van der Waals surface area contributed by atoms with Crippen LogP contribution in [0.25, 0.3) is 10.9 Å². The third-order valence-electron chi connectivity index (χ3n) is 4.67. The fourth-order valence-electron chi connectivity index (χ4n) is 3.37. The predicted molar refractivity (Wildman–Crippen MR) is 100 cm³/mol. The Labute approximate surface area is 159 Å². The molecule has 1 heterocycles. The van der Waals surface area contributed by atoms with Gasteiger partial charge in [-0.3, -0.25) is 14.2 Å². The van der Waals surface area contributed by atoms with Crippen molar-refractivity contribution in [2.75, 3.05) is 0 Å². The Kier molecular flexibility index (Phi) is 4.93. The monoisotopic (exact) mass is 389 g/mol. The number of rotatable bonds is 4. The Morgan fingerprint density at radius 1 is 1.22 bits per heavy atom. The number of carbonyl (C=O) groups is 2. The van der Waals surface area contributed by atoms with Crippen LogP contribution in [0.2, 0.25) is 5.02 Å². The molecular weight excluding hydrogens is 373 g/mol. The Hall–Kier alpha value is -2.86. The molecular formula is C20H17ClFNO4. The molecule has 1 atom stereocenters. The minimum atomic E-state index is -1.05. The molecule has 2 N–H and O–H groups in total. The van der Waals surface area contributed by atoms with Crippen molar-refractivity contribution in [1.82, 2.24) is 4.57 Å². The zero-order chi connectivity index (χ0) is 19.9. The highest BCUT2D eigenvalue weighted by molar-refractivity contribution is 6.30. The van der Waals surface area contributed by atoms with Crippen LogP contribution in [-0.4, -0.2) is 26.7 Å². The number of halogens is 2. The summed E-state index contributed by atoms with van der Waals surface area (Å²) in [7, 11) is 0. The molecule has 5 nitrogen and oxygen atoms in total. The molecule has 0 aliphatic carbocycles. The molecule has 0 amide bonds. The standard InChI is InChI=1S/C20H17ClFNO4/c1-3-13(20(26)27)18-10(2)23(16-9-15(22)17(24)8-14(16)18)19(25)11-4-6-12(21)7-5-11/h4-9,13,24H,3H2,1-2H3,(H,26,27). The average molecular weight is 390 g/mol. The zero-order valence-corrected chi connectivity index (χ0v) is 15.4. The van der Waals surface area contributed by atoms with Crippen molar-refractivity contribution < 1.29 is 24.2 Å². The van der Waals surface area contributed by atoms with Gasteiger partial charge in [-0.05, 0) is 49.2 Å². The lowest BCUT2D eigenvalue weighted by molar-refractivity contribution is -0.138. The van der Waals surface area contributed by atoms with Gasteiger partial charge in [0.15, 0.2) is 11.6 Å². The van der Waals surface area contributed by atoms with Crippen molar-refractivity contribution in [3.05, 3.63) is 64.1 Å². The Balaban J connectivity index is 2.34. The quantitative estimate of drug-likeness (QED) is 0.677. The van der Waals surface area contributed by atoms with Crippen LogP contribution >= 0.6 is 11.6 Å². The third-order valence-corrected chi connectivity index (χ3v) is 4.92. The van der Waals surface area contributed by atoms with Crippen molar-refractivity contribution in [1.29, 1.82) is 0 Å². The highest BCUT2D eigenvalue weighted by Gasteiger charge is 2.29. The van der Waals surface area contributed by atoms with Gasteiger partial charge in [-0.2, -0.15) is 0 Å². The molecule has 1 aromatic heterocycles. The minimum Gasteiger partial charge on any atom is -0.505 e. The van der Waals surface area contributed by atoms with Gasteiger partial charge < -0.3 is 10.2 Å². The van der Waals surface area contributed by atoms with Gasteiger partial charge in [0.05, 0.1) is 11.4 Å². The van der Waals surface area contributed by atoms with E-state index in [1.54, 1.807) is 38.1 Å². The van der Waals surface area contributed by atoms with E-state index in [2.05, 4.69) is 0 Å². The summed E-state index contributed by atoms with van der Waals surface area (Å²) in [6.07, 6.45) is 0.280. The lowest BCUT2D eigenvalue weighted by Gasteiger charge is -2.12. The summed E-state index contributed by atoms with van der Waals surface area (Å²) in [6.45, 7) is 3.33. The van der Waals surface area contributed by atoms with Gasteiger partial charge in [0.1, 0.15) is 0 Å². The number of carboxylic acids is 1. The van der Waals surface area contributed by atoms with Crippen LogP contribution in [0, 0.1) is 12.7 Å². The number of hydrogen-bond donors (Lipinski definition) is 2. The van der Waals surface area contributed by atoms with Crippen LogP contribution in [0.5, 0.6) is 5.75 Å². The largest absolute Gasteiger partial charge is 0.505 e. The summed E-state index contributed by atoms with van der Waals surface area (Å²) in [5.41, 5.74) is 1.31. The summed E-state index contributed by atoms with van der Waals surface area (Å²) in [5.74, 6) is -3.87. The summed E-state index contributed by atoms with van der Waals surface area (Å²) < 4.78 is 15.3. The minimum absolute atomic E-state index is 0.206. The molecule has 1 unspecified atom stereocenters. The van der Waals surface area contributed by atoms with Gasteiger partial charge in [0.2, 0.25) is 0 Å². The number of benzene rings is 2. The fourth-order valence-corrected chi connectivity index (χ4v) is 3.50. The smallest absolute Gasteiger partial charge is 0.311 e. The molecule has 0 fully saturated rings. The summed E-state index contributed by atoms with van der Waals surface area (Å²) in [4.78, 5) is 24.8. The van der Waals surface area contributed by atoms with Gasteiger partial charge >= 0.3 is 5.97 Å². The van der Waals surface area contributed by atoms with Crippen molar-refractivity contribution in [3.63, 3.8) is 0 Å². The first-order valence-electron chi connectivity index (χ1n) is 8.32. The van der Waals surface area contributed by atoms with Gasteiger partial charge in [-0.15, -0.1) is 0 Å². The van der Waals surface area contributed by atoms with Crippen LogP contribution in [0.15, 0.2) is 36.4 Å². The van der Waals surface area contributed by atoms with E-state index in [-0.39, 0.29) is 11.9 Å².